The van der Waals surface area contributed by atoms with Crippen LogP contribution in [-0.4, -0.2) is 23.5 Å². The molecule has 0 spiro atoms. The van der Waals surface area contributed by atoms with E-state index in [0.717, 1.165) is 0 Å². The van der Waals surface area contributed by atoms with Gasteiger partial charge in [-0.25, -0.2) is 4.39 Å². The number of aliphatic carboxylic acids is 1. The van der Waals surface area contributed by atoms with E-state index in [1.54, 1.807) is 0 Å². The Morgan fingerprint density at radius 1 is 1.35 bits per heavy atom. The lowest BCUT2D eigenvalue weighted by Crippen LogP contribution is -2.26. The SMILES string of the molecule is O=C(O)CCCNC(=O)Cc1coc2ccc(F)cc12. The van der Waals surface area contributed by atoms with Crippen molar-refractivity contribution in [3.05, 3.63) is 35.8 Å². The van der Waals surface area contributed by atoms with Gasteiger partial charge in [0.15, 0.2) is 0 Å². The van der Waals surface area contributed by atoms with E-state index in [4.69, 9.17) is 9.52 Å². The van der Waals surface area contributed by atoms with Gasteiger partial charge in [0.1, 0.15) is 11.4 Å². The van der Waals surface area contributed by atoms with Crippen LogP contribution in [0.3, 0.4) is 0 Å². The molecule has 20 heavy (non-hydrogen) atoms. The molecule has 0 fully saturated rings. The number of fused-ring (bicyclic) bond motifs is 1. The zero-order valence-electron chi connectivity index (χ0n) is 10.7. The fraction of sp³-hybridized carbons (Fsp3) is 0.286. The normalized spacial score (nSPS) is 10.7. The molecule has 2 aromatic rings. The minimum atomic E-state index is -0.893. The number of amides is 1. The minimum Gasteiger partial charge on any atom is -0.481 e. The number of hydrogen-bond donors (Lipinski definition) is 2. The lowest BCUT2D eigenvalue weighted by Gasteiger charge is -2.03. The van der Waals surface area contributed by atoms with Gasteiger partial charge in [0, 0.05) is 23.9 Å². The zero-order chi connectivity index (χ0) is 14.5. The number of carboxylic acids is 1. The highest BCUT2D eigenvalue weighted by Crippen LogP contribution is 2.22. The fourth-order valence-electron chi connectivity index (χ4n) is 1.89. The Balaban J connectivity index is 1.93. The number of hydrogen-bond acceptors (Lipinski definition) is 3. The van der Waals surface area contributed by atoms with Crippen LogP contribution < -0.4 is 5.32 Å². The second-order valence-corrected chi connectivity index (χ2v) is 4.43. The second kappa shape index (κ2) is 6.18. The molecule has 2 N–H and O–H groups in total. The van der Waals surface area contributed by atoms with Crippen molar-refractivity contribution in [3.63, 3.8) is 0 Å². The Morgan fingerprint density at radius 2 is 2.15 bits per heavy atom. The second-order valence-electron chi connectivity index (χ2n) is 4.43. The maximum absolute atomic E-state index is 13.2. The molecule has 0 aliphatic carbocycles. The standard InChI is InChI=1S/C14H14FNO4/c15-10-3-4-12-11(7-10)9(8-20-12)6-13(17)16-5-1-2-14(18)19/h3-4,7-8H,1-2,5-6H2,(H,16,17)(H,18,19). The van der Waals surface area contributed by atoms with Gasteiger partial charge in [0.25, 0.3) is 0 Å². The largest absolute Gasteiger partial charge is 0.481 e. The topological polar surface area (TPSA) is 79.5 Å². The Hall–Kier alpha value is -2.37. The van der Waals surface area contributed by atoms with Gasteiger partial charge >= 0.3 is 5.97 Å². The summed E-state index contributed by atoms with van der Waals surface area (Å²) in [6.07, 6.45) is 1.90. The van der Waals surface area contributed by atoms with Crippen molar-refractivity contribution in [1.82, 2.24) is 5.32 Å². The highest BCUT2D eigenvalue weighted by atomic mass is 19.1. The number of carbonyl (C=O) groups excluding carboxylic acids is 1. The van der Waals surface area contributed by atoms with Gasteiger partial charge in [-0.15, -0.1) is 0 Å². The van der Waals surface area contributed by atoms with Crippen LogP contribution in [0, 0.1) is 5.82 Å². The number of carboxylic acid groups (broad SMARTS) is 1. The van der Waals surface area contributed by atoms with Crippen LogP contribution in [0.4, 0.5) is 4.39 Å². The van der Waals surface area contributed by atoms with Crippen molar-refractivity contribution < 1.29 is 23.5 Å². The van der Waals surface area contributed by atoms with E-state index in [-0.39, 0.29) is 24.6 Å². The molecule has 0 radical (unpaired) electrons. The highest BCUT2D eigenvalue weighted by molar-refractivity contribution is 5.87. The lowest BCUT2D eigenvalue weighted by atomic mass is 10.1. The van der Waals surface area contributed by atoms with Crippen LogP contribution >= 0.6 is 0 Å². The molecule has 1 heterocycles. The van der Waals surface area contributed by atoms with Gasteiger partial charge in [-0.1, -0.05) is 0 Å². The number of carbonyl (C=O) groups is 2. The van der Waals surface area contributed by atoms with E-state index >= 15 is 0 Å². The van der Waals surface area contributed by atoms with E-state index in [0.29, 0.717) is 29.5 Å². The summed E-state index contributed by atoms with van der Waals surface area (Å²) in [7, 11) is 0. The fourth-order valence-corrected chi connectivity index (χ4v) is 1.89. The van der Waals surface area contributed by atoms with Crippen molar-refractivity contribution in [2.45, 2.75) is 19.3 Å². The molecule has 6 heteroatoms. The van der Waals surface area contributed by atoms with Crippen LogP contribution in [-0.2, 0) is 16.0 Å². The summed E-state index contributed by atoms with van der Waals surface area (Å²) in [6.45, 7) is 0.301. The summed E-state index contributed by atoms with van der Waals surface area (Å²) in [5.41, 5.74) is 1.13. The number of nitrogens with one attached hydrogen (secondary N) is 1. The van der Waals surface area contributed by atoms with Gasteiger partial charge in [-0.2, -0.15) is 0 Å². The number of halogens is 1. The summed E-state index contributed by atoms with van der Waals surface area (Å²) in [6, 6.07) is 4.13. The molecule has 106 valence electrons. The molecular formula is C14H14FNO4. The summed E-state index contributed by atoms with van der Waals surface area (Å²) >= 11 is 0. The quantitative estimate of drug-likeness (QED) is 0.793. The maximum Gasteiger partial charge on any atom is 0.303 e. The molecule has 0 aliphatic heterocycles. The van der Waals surface area contributed by atoms with Crippen LogP contribution in [0.1, 0.15) is 18.4 Å². The van der Waals surface area contributed by atoms with Crippen molar-refractivity contribution in [1.29, 1.82) is 0 Å². The third-order valence-corrected chi connectivity index (χ3v) is 2.86. The molecule has 5 nitrogen and oxygen atoms in total. The predicted octanol–water partition coefficient (Wildman–Crippen LogP) is 2.10. The molecular weight excluding hydrogens is 265 g/mol. The van der Waals surface area contributed by atoms with Gasteiger partial charge < -0.3 is 14.8 Å². The average Bonchev–Trinajstić information content (AvgIpc) is 2.77. The average molecular weight is 279 g/mol. The molecule has 0 aliphatic rings. The number of rotatable bonds is 6. The van der Waals surface area contributed by atoms with Gasteiger partial charge in [0.05, 0.1) is 12.7 Å². The molecule has 0 atom stereocenters. The van der Waals surface area contributed by atoms with E-state index in [1.165, 1.54) is 24.5 Å². The Kier molecular flexibility index (Phi) is 4.34. The van der Waals surface area contributed by atoms with Crippen LogP contribution in [0.5, 0.6) is 0 Å². The van der Waals surface area contributed by atoms with E-state index in [9.17, 15) is 14.0 Å². The van der Waals surface area contributed by atoms with Crippen molar-refractivity contribution in [2.75, 3.05) is 6.54 Å². The van der Waals surface area contributed by atoms with Gasteiger partial charge in [0.2, 0.25) is 5.91 Å². The smallest absolute Gasteiger partial charge is 0.303 e. The molecule has 0 unspecified atom stereocenters. The maximum atomic E-state index is 13.2. The van der Waals surface area contributed by atoms with E-state index in [1.807, 2.05) is 0 Å². The number of furan rings is 1. The molecule has 0 saturated carbocycles. The first kappa shape index (κ1) is 14.0. The van der Waals surface area contributed by atoms with Crippen LogP contribution in [0.15, 0.2) is 28.9 Å². The van der Waals surface area contributed by atoms with Crippen molar-refractivity contribution in [3.8, 4) is 0 Å². The highest BCUT2D eigenvalue weighted by Gasteiger charge is 2.11. The molecule has 0 saturated heterocycles. The van der Waals surface area contributed by atoms with Crippen molar-refractivity contribution in [2.24, 2.45) is 0 Å². The Bertz CT molecular complexity index is 635. The van der Waals surface area contributed by atoms with Crippen LogP contribution in [0.25, 0.3) is 11.0 Å². The first-order valence-electron chi connectivity index (χ1n) is 6.20. The molecule has 1 aromatic carbocycles. The summed E-state index contributed by atoms with van der Waals surface area (Å²) < 4.78 is 18.4. The predicted molar refractivity (Wildman–Crippen MR) is 69.8 cm³/mol. The summed E-state index contributed by atoms with van der Waals surface area (Å²) in [5, 5.41) is 11.7. The van der Waals surface area contributed by atoms with Gasteiger partial charge in [-0.05, 0) is 24.6 Å². The number of benzene rings is 1. The van der Waals surface area contributed by atoms with Crippen LogP contribution in [0.2, 0.25) is 0 Å². The monoisotopic (exact) mass is 279 g/mol. The lowest BCUT2D eigenvalue weighted by molar-refractivity contribution is -0.137. The Labute approximate surface area is 114 Å². The first-order chi connectivity index (χ1) is 9.56. The molecule has 2 rings (SSSR count). The Morgan fingerprint density at radius 3 is 2.90 bits per heavy atom. The molecule has 0 bridgehead atoms. The van der Waals surface area contributed by atoms with E-state index in [2.05, 4.69) is 5.32 Å². The molecule has 1 aromatic heterocycles. The first-order valence-corrected chi connectivity index (χ1v) is 6.20. The van der Waals surface area contributed by atoms with Gasteiger partial charge in [-0.3, -0.25) is 9.59 Å². The van der Waals surface area contributed by atoms with Crippen molar-refractivity contribution >= 4 is 22.8 Å². The third kappa shape index (κ3) is 3.57. The molecule has 1 amide bonds. The summed E-state index contributed by atoms with van der Waals surface area (Å²) in [4.78, 5) is 22.0. The third-order valence-electron chi connectivity index (χ3n) is 2.86. The minimum absolute atomic E-state index is 0.0140. The van der Waals surface area contributed by atoms with E-state index < -0.39 is 5.97 Å². The summed E-state index contributed by atoms with van der Waals surface area (Å²) in [5.74, 6) is -1.53. The zero-order valence-corrected chi connectivity index (χ0v) is 10.7.